The number of hydrogen-bond donors (Lipinski definition) is 2. The van der Waals surface area contributed by atoms with Gasteiger partial charge in [0.25, 0.3) is 0 Å². The van der Waals surface area contributed by atoms with Crippen LogP contribution in [0, 0.1) is 0 Å². The molecule has 0 unspecified atom stereocenters. The maximum absolute atomic E-state index is 12.1. The average Bonchev–Trinajstić information content (AvgIpc) is 3.06. The Morgan fingerprint density at radius 1 is 1.19 bits per heavy atom. The van der Waals surface area contributed by atoms with Crippen molar-refractivity contribution in [3.05, 3.63) is 65.9 Å². The predicted molar refractivity (Wildman–Crippen MR) is 105 cm³/mol. The van der Waals surface area contributed by atoms with E-state index >= 15 is 0 Å². The molecule has 2 aromatic carbocycles. The van der Waals surface area contributed by atoms with Gasteiger partial charge in [0, 0.05) is 17.1 Å². The molecule has 0 aliphatic heterocycles. The Balaban J connectivity index is 1.51. The first-order chi connectivity index (χ1) is 12.8. The second kappa shape index (κ2) is 8.85. The van der Waals surface area contributed by atoms with Crippen LogP contribution >= 0.6 is 0 Å². The number of amides is 1. The summed E-state index contributed by atoms with van der Waals surface area (Å²) in [5.74, 6) is 0.699. The average molecular weight is 349 g/mol. The summed E-state index contributed by atoms with van der Waals surface area (Å²) in [6, 6.07) is 15.6. The van der Waals surface area contributed by atoms with Crippen LogP contribution in [0.15, 0.2) is 59.8 Å². The second-order valence-electron chi connectivity index (χ2n) is 6.10. The first-order valence-corrected chi connectivity index (χ1v) is 8.86. The van der Waals surface area contributed by atoms with Crippen molar-refractivity contribution < 1.29 is 9.53 Å². The molecule has 5 heteroatoms. The number of nitrogens with one attached hydrogen (secondary N) is 2. The van der Waals surface area contributed by atoms with E-state index in [-0.39, 0.29) is 12.3 Å². The summed E-state index contributed by atoms with van der Waals surface area (Å²) < 4.78 is 5.62. The molecule has 3 rings (SSSR count). The zero-order chi connectivity index (χ0) is 18.2. The third-order valence-electron chi connectivity index (χ3n) is 4.08. The van der Waals surface area contributed by atoms with Gasteiger partial charge in [-0.1, -0.05) is 31.5 Å². The SMILES string of the molecule is CCCCOc1ccc(/C=N/NC(=O)Cc2c[nH]c3ccccc23)cc1. The standard InChI is InChI=1S/C21H23N3O2/c1-2-3-12-26-18-10-8-16(9-11-18)14-23-24-21(25)13-17-15-22-20-7-5-4-6-19(17)20/h4-11,14-15,22H,2-3,12-13H2,1H3,(H,24,25)/b23-14+. The first-order valence-electron chi connectivity index (χ1n) is 8.86. The topological polar surface area (TPSA) is 66.5 Å². The predicted octanol–water partition coefficient (Wildman–Crippen LogP) is 4.04. The molecule has 2 N–H and O–H groups in total. The third-order valence-corrected chi connectivity index (χ3v) is 4.08. The normalized spacial score (nSPS) is 11.1. The van der Waals surface area contributed by atoms with E-state index in [1.165, 1.54) is 0 Å². The van der Waals surface area contributed by atoms with Gasteiger partial charge in [-0.05, 0) is 47.9 Å². The van der Waals surface area contributed by atoms with Crippen molar-refractivity contribution in [3.63, 3.8) is 0 Å². The van der Waals surface area contributed by atoms with Crippen molar-refractivity contribution in [1.82, 2.24) is 10.4 Å². The van der Waals surface area contributed by atoms with Gasteiger partial charge in [0.05, 0.1) is 19.2 Å². The Kier molecular flexibility index (Phi) is 6.04. The highest BCUT2D eigenvalue weighted by Crippen LogP contribution is 2.18. The van der Waals surface area contributed by atoms with Gasteiger partial charge < -0.3 is 9.72 Å². The van der Waals surface area contributed by atoms with Gasteiger partial charge in [0.1, 0.15) is 5.75 Å². The van der Waals surface area contributed by atoms with E-state index in [0.29, 0.717) is 0 Å². The molecule has 0 aliphatic rings. The number of carbonyl (C=O) groups is 1. The second-order valence-corrected chi connectivity index (χ2v) is 6.10. The van der Waals surface area contributed by atoms with Gasteiger partial charge in [-0.15, -0.1) is 0 Å². The van der Waals surface area contributed by atoms with Gasteiger partial charge in [-0.25, -0.2) is 5.43 Å². The number of hydrogen-bond acceptors (Lipinski definition) is 3. The number of H-pyrrole nitrogens is 1. The molecule has 134 valence electrons. The molecule has 0 spiro atoms. The van der Waals surface area contributed by atoms with Crippen molar-refractivity contribution in [2.75, 3.05) is 6.61 Å². The van der Waals surface area contributed by atoms with Crippen molar-refractivity contribution >= 4 is 23.0 Å². The van der Waals surface area contributed by atoms with E-state index in [0.717, 1.165) is 47.2 Å². The molecular formula is C21H23N3O2. The molecule has 0 bridgehead atoms. The number of carbonyl (C=O) groups excluding carboxylic acids is 1. The lowest BCUT2D eigenvalue weighted by Crippen LogP contribution is -2.19. The number of ether oxygens (including phenoxy) is 1. The summed E-state index contributed by atoms with van der Waals surface area (Å²) in [6.07, 6.45) is 5.94. The summed E-state index contributed by atoms with van der Waals surface area (Å²) >= 11 is 0. The molecule has 5 nitrogen and oxygen atoms in total. The van der Waals surface area contributed by atoms with Gasteiger partial charge in [-0.2, -0.15) is 5.10 Å². The first kappa shape index (κ1) is 17.7. The summed E-state index contributed by atoms with van der Waals surface area (Å²) in [7, 11) is 0. The number of hydrazone groups is 1. The molecule has 0 aliphatic carbocycles. The number of benzene rings is 2. The number of fused-ring (bicyclic) bond motifs is 1. The Morgan fingerprint density at radius 2 is 2.00 bits per heavy atom. The molecule has 1 amide bonds. The van der Waals surface area contributed by atoms with Gasteiger partial charge in [0.15, 0.2) is 0 Å². The summed E-state index contributed by atoms with van der Waals surface area (Å²) in [6.45, 7) is 2.86. The molecule has 3 aromatic rings. The molecule has 0 radical (unpaired) electrons. The molecule has 0 atom stereocenters. The minimum atomic E-state index is -0.148. The van der Waals surface area contributed by atoms with Crippen LogP contribution < -0.4 is 10.2 Å². The van der Waals surface area contributed by atoms with Gasteiger partial charge in [-0.3, -0.25) is 4.79 Å². The van der Waals surface area contributed by atoms with Crippen LogP contribution in [-0.4, -0.2) is 23.7 Å². The Bertz CT molecular complexity index is 882. The highest BCUT2D eigenvalue weighted by molar-refractivity contribution is 5.89. The summed E-state index contributed by atoms with van der Waals surface area (Å²) in [4.78, 5) is 15.3. The minimum absolute atomic E-state index is 0.148. The summed E-state index contributed by atoms with van der Waals surface area (Å²) in [5, 5.41) is 5.09. The fourth-order valence-electron chi connectivity index (χ4n) is 2.65. The Hall–Kier alpha value is -3.08. The zero-order valence-electron chi connectivity index (χ0n) is 14.9. The van der Waals surface area contributed by atoms with Crippen molar-refractivity contribution in [1.29, 1.82) is 0 Å². The molecule has 1 aromatic heterocycles. The zero-order valence-corrected chi connectivity index (χ0v) is 14.9. The number of nitrogens with zero attached hydrogens (tertiary/aromatic N) is 1. The molecule has 0 saturated heterocycles. The number of aromatic nitrogens is 1. The van der Waals surface area contributed by atoms with Crippen LogP contribution in [0.1, 0.15) is 30.9 Å². The van der Waals surface area contributed by atoms with Crippen LogP contribution in [0.5, 0.6) is 5.75 Å². The number of unbranched alkanes of at least 4 members (excludes halogenated alkanes) is 1. The van der Waals surface area contributed by atoms with E-state index in [1.54, 1.807) is 6.21 Å². The van der Waals surface area contributed by atoms with E-state index in [2.05, 4.69) is 22.4 Å². The monoisotopic (exact) mass is 349 g/mol. The molecule has 26 heavy (non-hydrogen) atoms. The van der Waals surface area contributed by atoms with E-state index < -0.39 is 0 Å². The largest absolute Gasteiger partial charge is 0.494 e. The number of aromatic amines is 1. The lowest BCUT2D eigenvalue weighted by Gasteiger charge is -2.04. The van der Waals surface area contributed by atoms with Gasteiger partial charge >= 0.3 is 0 Å². The number of rotatable bonds is 8. The molecule has 0 saturated carbocycles. The number of para-hydroxylation sites is 1. The third kappa shape index (κ3) is 4.72. The Labute approximate surface area is 153 Å². The maximum atomic E-state index is 12.1. The lowest BCUT2D eigenvalue weighted by atomic mass is 10.1. The van der Waals surface area contributed by atoms with Crippen molar-refractivity contribution in [2.24, 2.45) is 5.10 Å². The van der Waals surface area contributed by atoms with E-state index in [1.807, 2.05) is 54.7 Å². The quantitative estimate of drug-likeness (QED) is 0.366. The highest BCUT2D eigenvalue weighted by atomic mass is 16.5. The molecule has 1 heterocycles. The fraction of sp³-hybridized carbons (Fsp3) is 0.238. The van der Waals surface area contributed by atoms with Crippen LogP contribution in [0.3, 0.4) is 0 Å². The van der Waals surface area contributed by atoms with Crippen LogP contribution in [-0.2, 0) is 11.2 Å². The lowest BCUT2D eigenvalue weighted by molar-refractivity contribution is -0.120. The van der Waals surface area contributed by atoms with E-state index in [4.69, 9.17) is 4.74 Å². The fourth-order valence-corrected chi connectivity index (χ4v) is 2.65. The van der Waals surface area contributed by atoms with Crippen molar-refractivity contribution in [3.8, 4) is 5.75 Å². The molecular weight excluding hydrogens is 326 g/mol. The van der Waals surface area contributed by atoms with Crippen LogP contribution in [0.2, 0.25) is 0 Å². The van der Waals surface area contributed by atoms with Crippen LogP contribution in [0.4, 0.5) is 0 Å². The van der Waals surface area contributed by atoms with Crippen LogP contribution in [0.25, 0.3) is 10.9 Å². The van der Waals surface area contributed by atoms with Crippen molar-refractivity contribution in [2.45, 2.75) is 26.2 Å². The maximum Gasteiger partial charge on any atom is 0.244 e. The Morgan fingerprint density at radius 3 is 2.81 bits per heavy atom. The smallest absolute Gasteiger partial charge is 0.244 e. The minimum Gasteiger partial charge on any atom is -0.494 e. The van der Waals surface area contributed by atoms with E-state index in [9.17, 15) is 4.79 Å². The molecule has 0 fully saturated rings. The van der Waals surface area contributed by atoms with Gasteiger partial charge in [0.2, 0.25) is 5.91 Å². The highest BCUT2D eigenvalue weighted by Gasteiger charge is 2.07. The summed E-state index contributed by atoms with van der Waals surface area (Å²) in [5.41, 5.74) is 5.47.